The number of hydrogen-bond acceptors (Lipinski definition) is 5. The van der Waals surface area contributed by atoms with Crippen molar-refractivity contribution in [1.82, 2.24) is 0 Å². The average molecular weight is 349 g/mol. The van der Waals surface area contributed by atoms with Gasteiger partial charge in [0.1, 0.15) is 0 Å². The van der Waals surface area contributed by atoms with Gasteiger partial charge in [-0.25, -0.2) is 0 Å². The topological polar surface area (TPSA) is 71.1 Å². The Morgan fingerprint density at radius 3 is 2.19 bits per heavy atom. The molecule has 2 rings (SSSR count). The molecule has 108 valence electrons. The van der Waals surface area contributed by atoms with E-state index in [1.165, 1.54) is 6.07 Å². The standard InChI is InChI=1S/C14H13BrN4O2/c1-18(2)12-6-3-10(4-7-12)16-17-11-5-8-13(15)14(9-11)19(20)21/h3-9H,1-2H3. The molecule has 0 aliphatic rings. The van der Waals surface area contributed by atoms with Crippen molar-refractivity contribution in [1.29, 1.82) is 0 Å². The van der Waals surface area contributed by atoms with Crippen LogP contribution in [0.25, 0.3) is 0 Å². The highest BCUT2D eigenvalue weighted by Gasteiger charge is 2.11. The fourth-order valence-electron chi connectivity index (χ4n) is 1.64. The molecule has 0 unspecified atom stereocenters. The molecule has 0 radical (unpaired) electrons. The number of rotatable bonds is 4. The van der Waals surface area contributed by atoms with E-state index in [2.05, 4.69) is 26.2 Å². The number of hydrogen-bond donors (Lipinski definition) is 0. The van der Waals surface area contributed by atoms with E-state index in [1.807, 2.05) is 43.3 Å². The monoisotopic (exact) mass is 348 g/mol. The Bertz CT molecular complexity index is 684. The van der Waals surface area contributed by atoms with E-state index >= 15 is 0 Å². The predicted molar refractivity (Wildman–Crippen MR) is 85.7 cm³/mol. The first kappa shape index (κ1) is 15.1. The minimum atomic E-state index is -0.463. The predicted octanol–water partition coefficient (Wildman–Crippen LogP) is 4.84. The van der Waals surface area contributed by atoms with E-state index in [0.29, 0.717) is 15.8 Å². The van der Waals surface area contributed by atoms with Gasteiger partial charge < -0.3 is 4.90 Å². The number of azo groups is 1. The summed E-state index contributed by atoms with van der Waals surface area (Å²) in [7, 11) is 3.91. The molecule has 0 saturated heterocycles. The zero-order chi connectivity index (χ0) is 15.4. The fourth-order valence-corrected chi connectivity index (χ4v) is 2.03. The van der Waals surface area contributed by atoms with Crippen molar-refractivity contribution in [3.63, 3.8) is 0 Å². The molecule has 0 bridgehead atoms. The van der Waals surface area contributed by atoms with Crippen LogP contribution in [0.5, 0.6) is 0 Å². The molecule has 0 atom stereocenters. The maximum Gasteiger partial charge on any atom is 0.285 e. The summed E-state index contributed by atoms with van der Waals surface area (Å²) in [6, 6.07) is 12.2. The number of nitrogens with zero attached hydrogens (tertiary/aromatic N) is 4. The highest BCUT2D eigenvalue weighted by atomic mass is 79.9. The second-order valence-electron chi connectivity index (χ2n) is 4.50. The summed E-state index contributed by atoms with van der Waals surface area (Å²) in [5, 5.41) is 18.9. The zero-order valence-corrected chi connectivity index (χ0v) is 13.1. The van der Waals surface area contributed by atoms with Crippen molar-refractivity contribution in [3.05, 3.63) is 57.1 Å². The highest BCUT2D eigenvalue weighted by molar-refractivity contribution is 9.10. The van der Waals surface area contributed by atoms with Gasteiger partial charge in [-0.1, -0.05) is 0 Å². The van der Waals surface area contributed by atoms with Gasteiger partial charge in [-0.2, -0.15) is 10.2 Å². The van der Waals surface area contributed by atoms with E-state index in [1.54, 1.807) is 12.1 Å². The summed E-state index contributed by atoms with van der Waals surface area (Å²) in [6.07, 6.45) is 0. The third-order valence-corrected chi connectivity index (χ3v) is 3.44. The molecular formula is C14H13BrN4O2. The molecule has 6 nitrogen and oxygen atoms in total. The summed E-state index contributed by atoms with van der Waals surface area (Å²) >= 11 is 3.13. The Morgan fingerprint density at radius 1 is 1.05 bits per heavy atom. The van der Waals surface area contributed by atoms with Crippen molar-refractivity contribution in [3.8, 4) is 0 Å². The third-order valence-electron chi connectivity index (χ3n) is 2.77. The summed E-state index contributed by atoms with van der Waals surface area (Å²) in [4.78, 5) is 12.4. The molecule has 0 N–H and O–H groups in total. The smallest absolute Gasteiger partial charge is 0.285 e. The minimum absolute atomic E-state index is 0.0330. The van der Waals surface area contributed by atoms with Crippen molar-refractivity contribution >= 4 is 38.7 Å². The van der Waals surface area contributed by atoms with E-state index in [0.717, 1.165) is 5.69 Å². The van der Waals surface area contributed by atoms with Crippen molar-refractivity contribution < 1.29 is 4.92 Å². The van der Waals surface area contributed by atoms with E-state index in [9.17, 15) is 10.1 Å². The first-order valence-corrected chi connectivity index (χ1v) is 6.90. The zero-order valence-electron chi connectivity index (χ0n) is 11.5. The van der Waals surface area contributed by atoms with Gasteiger partial charge in [-0.05, 0) is 52.3 Å². The van der Waals surface area contributed by atoms with Crippen LogP contribution in [-0.2, 0) is 0 Å². The molecule has 0 aliphatic carbocycles. The largest absolute Gasteiger partial charge is 0.378 e. The lowest BCUT2D eigenvalue weighted by Crippen LogP contribution is -2.07. The molecule has 0 saturated carbocycles. The molecule has 0 heterocycles. The van der Waals surface area contributed by atoms with Crippen LogP contribution in [-0.4, -0.2) is 19.0 Å². The molecule has 0 aromatic heterocycles. The van der Waals surface area contributed by atoms with Crippen LogP contribution >= 0.6 is 15.9 Å². The second kappa shape index (κ2) is 6.45. The molecule has 0 fully saturated rings. The SMILES string of the molecule is CN(C)c1ccc(N=Nc2ccc(Br)c([N+](=O)[O-])c2)cc1. The normalized spacial score (nSPS) is 10.8. The quantitative estimate of drug-likeness (QED) is 0.450. The van der Waals surface area contributed by atoms with E-state index < -0.39 is 4.92 Å². The van der Waals surface area contributed by atoms with Crippen molar-refractivity contribution in [2.45, 2.75) is 0 Å². The van der Waals surface area contributed by atoms with Gasteiger partial charge in [0, 0.05) is 25.8 Å². The van der Waals surface area contributed by atoms with Crippen LogP contribution in [0.4, 0.5) is 22.7 Å². The van der Waals surface area contributed by atoms with Gasteiger partial charge in [0.15, 0.2) is 0 Å². The number of benzene rings is 2. The van der Waals surface area contributed by atoms with Gasteiger partial charge in [0.2, 0.25) is 0 Å². The first-order chi connectivity index (χ1) is 9.97. The number of nitro groups is 1. The van der Waals surface area contributed by atoms with Gasteiger partial charge in [-0.15, -0.1) is 0 Å². The third kappa shape index (κ3) is 3.85. The highest BCUT2D eigenvalue weighted by Crippen LogP contribution is 2.30. The Kier molecular flexibility index (Phi) is 4.64. The summed E-state index contributed by atoms with van der Waals surface area (Å²) in [5.74, 6) is 0. The van der Waals surface area contributed by atoms with Crippen LogP contribution in [0.2, 0.25) is 0 Å². The lowest BCUT2D eigenvalue weighted by Gasteiger charge is -2.11. The first-order valence-electron chi connectivity index (χ1n) is 6.10. The van der Waals surface area contributed by atoms with Crippen molar-refractivity contribution in [2.24, 2.45) is 10.2 Å². The molecule has 0 spiro atoms. The van der Waals surface area contributed by atoms with Crippen LogP contribution in [0.15, 0.2) is 57.2 Å². The van der Waals surface area contributed by atoms with Crippen LogP contribution in [0.3, 0.4) is 0 Å². The van der Waals surface area contributed by atoms with Gasteiger partial charge in [0.05, 0.1) is 20.8 Å². The maximum atomic E-state index is 10.8. The lowest BCUT2D eigenvalue weighted by atomic mass is 10.3. The average Bonchev–Trinajstić information content (AvgIpc) is 2.46. The molecule has 0 amide bonds. The number of nitro benzene ring substituents is 1. The fraction of sp³-hybridized carbons (Fsp3) is 0.143. The number of halogens is 1. The summed E-state index contributed by atoms with van der Waals surface area (Å²) in [5.41, 5.74) is 2.15. The molecule has 21 heavy (non-hydrogen) atoms. The van der Waals surface area contributed by atoms with Crippen LogP contribution in [0, 0.1) is 10.1 Å². The Balaban J connectivity index is 2.21. The second-order valence-corrected chi connectivity index (χ2v) is 5.36. The molecule has 2 aromatic carbocycles. The minimum Gasteiger partial charge on any atom is -0.378 e. The van der Waals surface area contributed by atoms with Gasteiger partial charge in [-0.3, -0.25) is 10.1 Å². The summed E-state index contributed by atoms with van der Waals surface area (Å²) in [6.45, 7) is 0. The van der Waals surface area contributed by atoms with Crippen LogP contribution in [0.1, 0.15) is 0 Å². The Hall–Kier alpha value is -2.28. The van der Waals surface area contributed by atoms with Gasteiger partial charge in [0.25, 0.3) is 5.69 Å². The Labute approximate surface area is 130 Å². The maximum absolute atomic E-state index is 10.8. The van der Waals surface area contributed by atoms with Crippen molar-refractivity contribution in [2.75, 3.05) is 19.0 Å². The van der Waals surface area contributed by atoms with E-state index in [-0.39, 0.29) is 5.69 Å². The molecule has 7 heteroatoms. The number of anilines is 1. The molecule has 2 aromatic rings. The molecule has 0 aliphatic heterocycles. The Morgan fingerprint density at radius 2 is 1.62 bits per heavy atom. The molecular weight excluding hydrogens is 336 g/mol. The summed E-state index contributed by atoms with van der Waals surface area (Å²) < 4.78 is 0.418. The van der Waals surface area contributed by atoms with Gasteiger partial charge >= 0.3 is 0 Å². The van der Waals surface area contributed by atoms with E-state index in [4.69, 9.17) is 0 Å². The lowest BCUT2D eigenvalue weighted by molar-refractivity contribution is -0.385. The van der Waals surface area contributed by atoms with Crippen LogP contribution < -0.4 is 4.90 Å².